The van der Waals surface area contributed by atoms with Crippen LogP contribution in [-0.2, 0) is 6.54 Å². The summed E-state index contributed by atoms with van der Waals surface area (Å²) in [7, 11) is 0. The van der Waals surface area contributed by atoms with Crippen molar-refractivity contribution in [3.8, 4) is 5.69 Å². The maximum atomic E-state index is 4.47. The van der Waals surface area contributed by atoms with Crippen LogP contribution in [0.3, 0.4) is 0 Å². The van der Waals surface area contributed by atoms with Gasteiger partial charge in [0.1, 0.15) is 0 Å². The molecule has 5 heteroatoms. The first-order valence-corrected chi connectivity index (χ1v) is 6.85. The van der Waals surface area contributed by atoms with Gasteiger partial charge >= 0.3 is 0 Å². The highest BCUT2D eigenvalue weighted by Gasteiger charge is 2.05. The Bertz CT molecular complexity index is 730. The van der Waals surface area contributed by atoms with E-state index in [4.69, 9.17) is 0 Å². The molecule has 106 valence electrons. The number of hydrogen-bond donors (Lipinski definition) is 1. The Morgan fingerprint density at radius 3 is 2.52 bits per heavy atom. The minimum Gasteiger partial charge on any atom is -0.350 e. The topological polar surface area (TPSA) is 55.6 Å². The van der Waals surface area contributed by atoms with Crippen molar-refractivity contribution in [3.05, 3.63) is 65.7 Å². The van der Waals surface area contributed by atoms with Gasteiger partial charge in [0.25, 0.3) is 0 Å². The minimum atomic E-state index is 0.632. The molecule has 3 rings (SSSR count). The van der Waals surface area contributed by atoms with Crippen molar-refractivity contribution >= 4 is 5.95 Å². The van der Waals surface area contributed by atoms with Gasteiger partial charge < -0.3 is 5.32 Å². The summed E-state index contributed by atoms with van der Waals surface area (Å²) in [6, 6.07) is 10.2. The number of aryl methyl sites for hydroxylation is 2. The molecule has 2 aromatic heterocycles. The number of aromatic nitrogens is 4. The smallest absolute Gasteiger partial charge is 0.222 e. The normalized spacial score (nSPS) is 10.6. The molecule has 1 N–H and O–H groups in total. The Labute approximate surface area is 123 Å². The Kier molecular flexibility index (Phi) is 3.64. The van der Waals surface area contributed by atoms with Crippen molar-refractivity contribution in [2.24, 2.45) is 0 Å². The Balaban J connectivity index is 1.81. The molecule has 0 fully saturated rings. The molecule has 0 saturated heterocycles. The lowest BCUT2D eigenvalue weighted by molar-refractivity contribution is 0.847. The second-order valence-electron chi connectivity index (χ2n) is 4.97. The van der Waals surface area contributed by atoms with E-state index in [1.54, 1.807) is 12.4 Å². The zero-order valence-corrected chi connectivity index (χ0v) is 12.1. The molecule has 21 heavy (non-hydrogen) atoms. The molecule has 1 aromatic carbocycles. The van der Waals surface area contributed by atoms with Crippen LogP contribution >= 0.6 is 0 Å². The lowest BCUT2D eigenvalue weighted by Crippen LogP contribution is -2.07. The van der Waals surface area contributed by atoms with E-state index in [2.05, 4.69) is 32.5 Å². The molecule has 2 heterocycles. The Morgan fingerprint density at radius 1 is 1.05 bits per heavy atom. The highest BCUT2D eigenvalue weighted by molar-refractivity contribution is 5.42. The van der Waals surface area contributed by atoms with Gasteiger partial charge in [0.2, 0.25) is 5.95 Å². The second kappa shape index (κ2) is 5.75. The van der Waals surface area contributed by atoms with Gasteiger partial charge in [0.15, 0.2) is 0 Å². The SMILES string of the molecule is Cc1cnc(NCc2ccccc2-n2ccc(C)n2)nc1. The molecule has 0 aliphatic carbocycles. The van der Waals surface area contributed by atoms with E-state index >= 15 is 0 Å². The zero-order valence-electron chi connectivity index (χ0n) is 12.1. The fourth-order valence-electron chi connectivity index (χ4n) is 2.09. The summed E-state index contributed by atoms with van der Waals surface area (Å²) in [6.45, 7) is 4.61. The zero-order chi connectivity index (χ0) is 14.7. The van der Waals surface area contributed by atoms with Gasteiger partial charge in [-0.15, -0.1) is 0 Å². The summed E-state index contributed by atoms with van der Waals surface area (Å²) in [5.41, 5.74) is 4.25. The molecular formula is C16H17N5. The molecule has 0 aliphatic rings. The van der Waals surface area contributed by atoms with Crippen LogP contribution in [0.4, 0.5) is 5.95 Å². The van der Waals surface area contributed by atoms with Gasteiger partial charge in [-0.3, -0.25) is 0 Å². The fraction of sp³-hybridized carbons (Fsp3) is 0.188. The van der Waals surface area contributed by atoms with E-state index in [0.717, 1.165) is 22.5 Å². The number of rotatable bonds is 4. The lowest BCUT2D eigenvalue weighted by Gasteiger charge is -2.10. The van der Waals surface area contributed by atoms with Crippen molar-refractivity contribution in [2.75, 3.05) is 5.32 Å². The molecule has 5 nitrogen and oxygen atoms in total. The van der Waals surface area contributed by atoms with Crippen LogP contribution in [0.1, 0.15) is 16.8 Å². The number of anilines is 1. The predicted octanol–water partition coefficient (Wildman–Crippen LogP) is 2.89. The van der Waals surface area contributed by atoms with Gasteiger partial charge in [0, 0.05) is 25.1 Å². The third-order valence-electron chi connectivity index (χ3n) is 3.18. The third-order valence-corrected chi connectivity index (χ3v) is 3.18. The van der Waals surface area contributed by atoms with E-state index in [-0.39, 0.29) is 0 Å². The fourth-order valence-corrected chi connectivity index (χ4v) is 2.09. The van der Waals surface area contributed by atoms with Crippen LogP contribution in [0.2, 0.25) is 0 Å². The number of nitrogens with one attached hydrogen (secondary N) is 1. The van der Waals surface area contributed by atoms with Gasteiger partial charge in [0.05, 0.1) is 11.4 Å². The maximum Gasteiger partial charge on any atom is 0.222 e. The first kappa shape index (κ1) is 13.3. The first-order valence-electron chi connectivity index (χ1n) is 6.85. The third kappa shape index (κ3) is 3.08. The van der Waals surface area contributed by atoms with Crippen LogP contribution in [0.15, 0.2) is 48.9 Å². The van der Waals surface area contributed by atoms with Crippen LogP contribution in [0, 0.1) is 13.8 Å². The summed E-state index contributed by atoms with van der Waals surface area (Å²) in [5, 5.41) is 7.71. The number of para-hydroxylation sites is 1. The molecule has 0 saturated carbocycles. The van der Waals surface area contributed by atoms with Gasteiger partial charge in [-0.05, 0) is 37.1 Å². The highest BCUT2D eigenvalue weighted by Crippen LogP contribution is 2.15. The van der Waals surface area contributed by atoms with Crippen LogP contribution in [-0.4, -0.2) is 19.7 Å². The summed E-state index contributed by atoms with van der Waals surface area (Å²) in [6.07, 6.45) is 5.58. The van der Waals surface area contributed by atoms with Crippen molar-refractivity contribution in [1.29, 1.82) is 0 Å². The second-order valence-corrected chi connectivity index (χ2v) is 4.97. The van der Waals surface area contributed by atoms with Crippen molar-refractivity contribution < 1.29 is 0 Å². The van der Waals surface area contributed by atoms with Crippen LogP contribution in [0.5, 0.6) is 0 Å². The maximum absolute atomic E-state index is 4.47. The summed E-state index contributed by atoms with van der Waals surface area (Å²) < 4.78 is 1.89. The van der Waals surface area contributed by atoms with E-state index in [1.165, 1.54) is 0 Å². The van der Waals surface area contributed by atoms with Crippen molar-refractivity contribution in [1.82, 2.24) is 19.7 Å². The molecule has 0 spiro atoms. The average Bonchev–Trinajstić information content (AvgIpc) is 2.93. The Morgan fingerprint density at radius 2 is 1.81 bits per heavy atom. The standard InChI is InChI=1S/C16H17N5/c1-12-9-17-16(18-10-12)19-11-14-5-3-4-6-15(14)21-8-7-13(2)20-21/h3-10H,11H2,1-2H3,(H,17,18,19). The summed E-state index contributed by atoms with van der Waals surface area (Å²) >= 11 is 0. The minimum absolute atomic E-state index is 0.632. The molecule has 0 unspecified atom stereocenters. The summed E-state index contributed by atoms with van der Waals surface area (Å²) in [4.78, 5) is 8.51. The monoisotopic (exact) mass is 279 g/mol. The molecule has 0 amide bonds. The molecule has 0 radical (unpaired) electrons. The first-order chi connectivity index (χ1) is 10.2. The van der Waals surface area contributed by atoms with Crippen LogP contribution in [0.25, 0.3) is 5.69 Å². The highest BCUT2D eigenvalue weighted by atomic mass is 15.3. The summed E-state index contributed by atoms with van der Waals surface area (Å²) in [5.74, 6) is 0.632. The van der Waals surface area contributed by atoms with Crippen LogP contribution < -0.4 is 5.32 Å². The Hall–Kier alpha value is -2.69. The van der Waals surface area contributed by atoms with Crippen molar-refractivity contribution in [3.63, 3.8) is 0 Å². The molecule has 0 aliphatic heterocycles. The lowest BCUT2D eigenvalue weighted by atomic mass is 10.2. The molecular weight excluding hydrogens is 262 g/mol. The van der Waals surface area contributed by atoms with E-state index in [9.17, 15) is 0 Å². The molecule has 3 aromatic rings. The largest absolute Gasteiger partial charge is 0.350 e. The average molecular weight is 279 g/mol. The molecule has 0 atom stereocenters. The van der Waals surface area contributed by atoms with Gasteiger partial charge in [-0.25, -0.2) is 14.6 Å². The quantitative estimate of drug-likeness (QED) is 0.798. The number of hydrogen-bond acceptors (Lipinski definition) is 4. The van der Waals surface area contributed by atoms with E-state index in [0.29, 0.717) is 12.5 Å². The number of nitrogens with zero attached hydrogens (tertiary/aromatic N) is 4. The number of benzene rings is 1. The van der Waals surface area contributed by atoms with Gasteiger partial charge in [-0.2, -0.15) is 5.10 Å². The van der Waals surface area contributed by atoms with Gasteiger partial charge in [-0.1, -0.05) is 18.2 Å². The van der Waals surface area contributed by atoms with E-state index < -0.39 is 0 Å². The van der Waals surface area contributed by atoms with E-state index in [1.807, 2.05) is 42.9 Å². The predicted molar refractivity (Wildman–Crippen MR) is 82.4 cm³/mol. The molecule has 0 bridgehead atoms. The van der Waals surface area contributed by atoms with Crippen molar-refractivity contribution in [2.45, 2.75) is 20.4 Å².